The number of nitrogens with one attached hydrogen (secondary N) is 2. The highest BCUT2D eigenvalue weighted by atomic mass is 14.9. The normalized spacial score (nSPS) is 21.8. The summed E-state index contributed by atoms with van der Waals surface area (Å²) in [6.45, 7) is 3.86. The Morgan fingerprint density at radius 1 is 1.20 bits per heavy atom. The maximum atomic E-state index is 3.86. The molecule has 2 nitrogen and oxygen atoms in total. The van der Waals surface area contributed by atoms with Crippen molar-refractivity contribution in [2.45, 2.75) is 12.0 Å². The highest BCUT2D eigenvalue weighted by Gasteiger charge is 2.22. The van der Waals surface area contributed by atoms with Crippen molar-refractivity contribution < 1.29 is 0 Å². The van der Waals surface area contributed by atoms with E-state index in [1.165, 1.54) is 5.56 Å². The van der Waals surface area contributed by atoms with E-state index >= 15 is 0 Å². The van der Waals surface area contributed by atoms with Crippen LogP contribution in [-0.4, -0.2) is 19.6 Å². The minimum atomic E-state index is -0.116. The molecule has 0 amide bonds. The van der Waals surface area contributed by atoms with E-state index in [0.29, 0.717) is 0 Å². The second kappa shape index (κ2) is 6.40. The van der Waals surface area contributed by atoms with Crippen molar-refractivity contribution in [2.75, 3.05) is 14.1 Å². The first-order valence-electron chi connectivity index (χ1n) is 6.90. The molecular formula is C18H22N2. The smallest absolute Gasteiger partial charge is 0.0590 e. The molecule has 1 aliphatic rings. The lowest BCUT2D eigenvalue weighted by Gasteiger charge is -2.29. The van der Waals surface area contributed by atoms with Crippen LogP contribution in [0.2, 0.25) is 0 Å². The number of hydrogen-bond acceptors (Lipinski definition) is 2. The molecule has 0 aliphatic heterocycles. The molecule has 1 atom stereocenters. The van der Waals surface area contributed by atoms with Crippen LogP contribution in [0, 0.1) is 0 Å². The van der Waals surface area contributed by atoms with E-state index in [9.17, 15) is 0 Å². The number of benzene rings is 1. The predicted octanol–water partition coefficient (Wildman–Crippen LogP) is 3.36. The van der Waals surface area contributed by atoms with E-state index in [1.54, 1.807) is 0 Å². The van der Waals surface area contributed by atoms with Gasteiger partial charge in [-0.1, -0.05) is 61.2 Å². The first kappa shape index (κ1) is 14.4. The van der Waals surface area contributed by atoms with Gasteiger partial charge in [0.05, 0.1) is 5.54 Å². The summed E-state index contributed by atoms with van der Waals surface area (Å²) in [5.41, 5.74) is 3.39. The average molecular weight is 266 g/mol. The van der Waals surface area contributed by atoms with Crippen molar-refractivity contribution in [3.63, 3.8) is 0 Å². The monoisotopic (exact) mass is 266 g/mol. The van der Waals surface area contributed by atoms with Crippen LogP contribution in [0.4, 0.5) is 0 Å². The number of hydrogen-bond donors (Lipinski definition) is 2. The minimum Gasteiger partial charge on any atom is -0.388 e. The van der Waals surface area contributed by atoms with Gasteiger partial charge in [-0.05, 0) is 30.7 Å². The maximum Gasteiger partial charge on any atom is 0.0590 e. The molecule has 0 saturated carbocycles. The molecule has 2 rings (SSSR count). The third kappa shape index (κ3) is 3.09. The Morgan fingerprint density at radius 2 is 1.95 bits per heavy atom. The molecule has 1 aromatic carbocycles. The Labute approximate surface area is 121 Å². The van der Waals surface area contributed by atoms with Gasteiger partial charge in [0.2, 0.25) is 0 Å². The standard InChI is InChI=1S/C18H22N2/c1-4-15-7-5-6-8-16(15)9-12-18(20-3)13-10-17(19-2)11-14-18/h4-13,19-20H,1,14H2,2-3H3. The Morgan fingerprint density at radius 3 is 2.50 bits per heavy atom. The first-order valence-corrected chi connectivity index (χ1v) is 6.90. The molecule has 1 aromatic rings. The zero-order valence-electron chi connectivity index (χ0n) is 12.2. The van der Waals surface area contributed by atoms with E-state index in [-0.39, 0.29) is 5.54 Å². The van der Waals surface area contributed by atoms with Crippen molar-refractivity contribution in [1.29, 1.82) is 0 Å². The van der Waals surface area contributed by atoms with E-state index < -0.39 is 0 Å². The summed E-state index contributed by atoms with van der Waals surface area (Å²) in [5.74, 6) is 0. The minimum absolute atomic E-state index is 0.116. The number of rotatable bonds is 5. The SMILES string of the molecule is C=Cc1ccccc1C=CC1(NC)C=CC(NC)=CC1. The Bertz CT molecular complexity index is 567. The van der Waals surface area contributed by atoms with Crippen molar-refractivity contribution in [3.8, 4) is 0 Å². The predicted molar refractivity (Wildman–Crippen MR) is 88.3 cm³/mol. The third-order valence-electron chi connectivity index (χ3n) is 3.75. The van der Waals surface area contributed by atoms with Gasteiger partial charge >= 0.3 is 0 Å². The van der Waals surface area contributed by atoms with Crippen LogP contribution >= 0.6 is 0 Å². The van der Waals surface area contributed by atoms with Gasteiger partial charge in [-0.2, -0.15) is 0 Å². The molecule has 20 heavy (non-hydrogen) atoms. The number of allylic oxidation sites excluding steroid dienone is 1. The molecule has 0 heterocycles. The average Bonchev–Trinajstić information content (AvgIpc) is 2.53. The second-order valence-electron chi connectivity index (χ2n) is 4.90. The van der Waals surface area contributed by atoms with Crippen LogP contribution in [0.1, 0.15) is 17.5 Å². The van der Waals surface area contributed by atoms with Gasteiger partial charge in [0.25, 0.3) is 0 Å². The molecule has 0 fully saturated rings. The van der Waals surface area contributed by atoms with Crippen molar-refractivity contribution in [3.05, 3.63) is 72.0 Å². The zero-order valence-corrected chi connectivity index (χ0v) is 12.2. The van der Waals surface area contributed by atoms with Crippen molar-refractivity contribution in [1.82, 2.24) is 10.6 Å². The fourth-order valence-electron chi connectivity index (χ4n) is 2.32. The Kier molecular flexibility index (Phi) is 4.59. The fraction of sp³-hybridized carbons (Fsp3) is 0.222. The first-order chi connectivity index (χ1) is 9.73. The number of likely N-dealkylation sites (N-methyl/N-ethyl adjacent to an activating group) is 2. The molecule has 104 valence electrons. The van der Waals surface area contributed by atoms with Crippen LogP contribution in [0.3, 0.4) is 0 Å². The summed E-state index contributed by atoms with van der Waals surface area (Å²) in [6.07, 6.45) is 13.7. The quantitative estimate of drug-likeness (QED) is 0.854. The van der Waals surface area contributed by atoms with Crippen LogP contribution in [0.25, 0.3) is 12.2 Å². The van der Waals surface area contributed by atoms with Gasteiger partial charge in [0, 0.05) is 12.7 Å². The maximum absolute atomic E-state index is 3.86. The highest BCUT2D eigenvalue weighted by molar-refractivity contribution is 5.65. The highest BCUT2D eigenvalue weighted by Crippen LogP contribution is 2.23. The summed E-state index contributed by atoms with van der Waals surface area (Å²) in [6, 6.07) is 8.27. The van der Waals surface area contributed by atoms with Gasteiger partial charge in [0.15, 0.2) is 0 Å². The summed E-state index contributed by atoms with van der Waals surface area (Å²) in [7, 11) is 3.94. The van der Waals surface area contributed by atoms with Gasteiger partial charge in [0.1, 0.15) is 0 Å². The van der Waals surface area contributed by atoms with Crippen molar-refractivity contribution in [2.24, 2.45) is 0 Å². The molecule has 1 aliphatic carbocycles. The third-order valence-corrected chi connectivity index (χ3v) is 3.75. The lowest BCUT2D eigenvalue weighted by molar-refractivity contribution is 0.536. The van der Waals surface area contributed by atoms with Crippen LogP contribution in [0.5, 0.6) is 0 Å². The lowest BCUT2D eigenvalue weighted by atomic mass is 9.89. The van der Waals surface area contributed by atoms with Crippen LogP contribution in [0.15, 0.2) is 60.8 Å². The molecule has 0 bridgehead atoms. The Balaban J connectivity index is 2.23. The molecule has 2 heteroatoms. The van der Waals surface area contributed by atoms with E-state index in [4.69, 9.17) is 0 Å². The molecule has 2 N–H and O–H groups in total. The summed E-state index contributed by atoms with van der Waals surface area (Å²) in [5, 5.41) is 6.56. The van der Waals surface area contributed by atoms with E-state index in [0.717, 1.165) is 17.7 Å². The van der Waals surface area contributed by atoms with Crippen molar-refractivity contribution >= 4 is 12.2 Å². The summed E-state index contributed by atoms with van der Waals surface area (Å²) in [4.78, 5) is 0. The van der Waals surface area contributed by atoms with Crippen LogP contribution < -0.4 is 10.6 Å². The molecule has 0 spiro atoms. The zero-order chi connectivity index (χ0) is 14.4. The van der Waals surface area contributed by atoms with E-state index in [2.05, 4.69) is 65.8 Å². The molecular weight excluding hydrogens is 244 g/mol. The largest absolute Gasteiger partial charge is 0.388 e. The van der Waals surface area contributed by atoms with Gasteiger partial charge in [-0.3, -0.25) is 0 Å². The molecule has 0 aromatic heterocycles. The van der Waals surface area contributed by atoms with E-state index in [1.807, 2.05) is 26.2 Å². The Hall–Kier alpha value is -2.06. The topological polar surface area (TPSA) is 24.1 Å². The van der Waals surface area contributed by atoms with Gasteiger partial charge < -0.3 is 10.6 Å². The van der Waals surface area contributed by atoms with Crippen LogP contribution in [-0.2, 0) is 0 Å². The summed E-state index contributed by atoms with van der Waals surface area (Å²) >= 11 is 0. The van der Waals surface area contributed by atoms with Gasteiger partial charge in [-0.15, -0.1) is 0 Å². The molecule has 0 radical (unpaired) electrons. The van der Waals surface area contributed by atoms with Gasteiger partial charge in [-0.25, -0.2) is 0 Å². The second-order valence-corrected chi connectivity index (χ2v) is 4.90. The fourth-order valence-corrected chi connectivity index (χ4v) is 2.32. The lowest BCUT2D eigenvalue weighted by Crippen LogP contribution is -2.39. The molecule has 0 saturated heterocycles. The molecule has 1 unspecified atom stereocenters. The summed E-state index contributed by atoms with van der Waals surface area (Å²) < 4.78 is 0.